The minimum Gasteiger partial charge on any atom is -0.450 e. The molecule has 0 aromatic heterocycles. The highest BCUT2D eigenvalue weighted by Crippen LogP contribution is 2.29. The van der Waals surface area contributed by atoms with Crippen LogP contribution in [0.3, 0.4) is 0 Å². The lowest BCUT2D eigenvalue weighted by atomic mass is 10.1. The lowest BCUT2D eigenvalue weighted by Crippen LogP contribution is -2.32. The summed E-state index contributed by atoms with van der Waals surface area (Å²) >= 11 is 1.25. The van der Waals surface area contributed by atoms with Crippen molar-refractivity contribution in [2.45, 2.75) is 19.1 Å². The van der Waals surface area contributed by atoms with Crippen LogP contribution in [-0.2, 0) is 9.53 Å². The highest BCUT2D eigenvalue weighted by molar-refractivity contribution is 8.00. The summed E-state index contributed by atoms with van der Waals surface area (Å²) in [6.07, 6.45) is -0.758. The molecule has 0 fully saturated rings. The number of nitrogens with one attached hydrogen (secondary N) is 1. The molecule has 0 bridgehead atoms. The number of amides is 2. The molecule has 104 valence electrons. The van der Waals surface area contributed by atoms with Gasteiger partial charge in [-0.3, -0.25) is 10.1 Å². The van der Waals surface area contributed by atoms with E-state index in [0.717, 1.165) is 0 Å². The monoisotopic (exact) mass is 285 g/mol. The highest BCUT2D eigenvalue weighted by atomic mass is 32.2. The van der Waals surface area contributed by atoms with Crippen molar-refractivity contribution in [3.63, 3.8) is 0 Å². The molecule has 0 radical (unpaired) electrons. The number of carbonyl (C=O) groups excluding carboxylic acids is 2. The highest BCUT2D eigenvalue weighted by Gasteiger charge is 2.14. The number of alkyl carbamates (subject to hydrolysis) is 1. The normalized spacial score (nSPS) is 11.7. The van der Waals surface area contributed by atoms with Crippen LogP contribution < -0.4 is 5.32 Å². The van der Waals surface area contributed by atoms with Gasteiger partial charge in [0, 0.05) is 10.8 Å². The lowest BCUT2D eigenvalue weighted by molar-refractivity contribution is -0.117. The molecule has 0 aliphatic rings. The third kappa shape index (κ3) is 5.30. The number of halogens is 1. The smallest absolute Gasteiger partial charge is 0.413 e. The molecule has 0 aliphatic carbocycles. The minimum atomic E-state index is -0.758. The Kier molecular flexibility index (Phi) is 6.35. The average Bonchev–Trinajstić information content (AvgIpc) is 2.36. The van der Waals surface area contributed by atoms with E-state index in [2.05, 4.69) is 10.1 Å². The van der Waals surface area contributed by atoms with E-state index in [1.165, 1.54) is 17.8 Å². The van der Waals surface area contributed by atoms with Crippen molar-refractivity contribution in [2.75, 3.05) is 12.4 Å². The molecule has 4 nitrogen and oxygen atoms in total. The van der Waals surface area contributed by atoms with Gasteiger partial charge in [-0.15, -0.1) is 11.8 Å². The quantitative estimate of drug-likeness (QED) is 0.903. The topological polar surface area (TPSA) is 55.4 Å². The number of hydrogen-bond acceptors (Lipinski definition) is 4. The minimum absolute atomic E-state index is 0.0638. The fraction of sp³-hybridized carbons (Fsp3) is 0.385. The van der Waals surface area contributed by atoms with Crippen LogP contribution >= 0.6 is 11.8 Å². The predicted molar refractivity (Wildman–Crippen MR) is 72.4 cm³/mol. The Morgan fingerprint density at radius 2 is 2.11 bits per heavy atom. The molecular weight excluding hydrogens is 269 g/mol. The van der Waals surface area contributed by atoms with Crippen LogP contribution in [0.4, 0.5) is 9.18 Å². The summed E-state index contributed by atoms with van der Waals surface area (Å²) in [5, 5.41) is 1.92. The van der Waals surface area contributed by atoms with Gasteiger partial charge < -0.3 is 4.74 Å². The number of carbonyl (C=O) groups is 2. The van der Waals surface area contributed by atoms with Crippen LogP contribution in [0, 0.1) is 5.82 Å². The summed E-state index contributed by atoms with van der Waals surface area (Å²) in [6.45, 7) is 3.66. The maximum Gasteiger partial charge on any atom is 0.413 e. The van der Waals surface area contributed by atoms with Crippen LogP contribution in [0.5, 0.6) is 0 Å². The summed E-state index contributed by atoms with van der Waals surface area (Å²) in [5.41, 5.74) is 0.538. The van der Waals surface area contributed by atoms with Crippen LogP contribution in [0.2, 0.25) is 0 Å². The fourth-order valence-corrected chi connectivity index (χ4v) is 2.26. The zero-order valence-corrected chi connectivity index (χ0v) is 11.6. The summed E-state index contributed by atoms with van der Waals surface area (Å²) < 4.78 is 18.1. The van der Waals surface area contributed by atoms with Crippen molar-refractivity contribution in [3.8, 4) is 0 Å². The Hall–Kier alpha value is -1.56. The second-order valence-corrected chi connectivity index (χ2v) is 5.07. The van der Waals surface area contributed by atoms with E-state index in [1.807, 2.05) is 0 Å². The molecule has 0 saturated heterocycles. The van der Waals surface area contributed by atoms with E-state index >= 15 is 0 Å². The summed E-state index contributed by atoms with van der Waals surface area (Å²) in [5.74, 6) is -0.686. The Labute approximate surface area is 115 Å². The van der Waals surface area contributed by atoms with Gasteiger partial charge >= 0.3 is 6.09 Å². The summed E-state index contributed by atoms with van der Waals surface area (Å²) in [4.78, 5) is 22.4. The fourth-order valence-electron chi connectivity index (χ4n) is 1.41. The Bertz CT molecular complexity index is 453. The maximum atomic E-state index is 13.5. The Morgan fingerprint density at radius 3 is 2.74 bits per heavy atom. The predicted octanol–water partition coefficient (Wildman–Crippen LogP) is 2.89. The van der Waals surface area contributed by atoms with E-state index in [9.17, 15) is 14.0 Å². The van der Waals surface area contributed by atoms with Crippen LogP contribution in [0.1, 0.15) is 24.7 Å². The zero-order valence-electron chi connectivity index (χ0n) is 10.8. The van der Waals surface area contributed by atoms with Crippen molar-refractivity contribution >= 4 is 23.8 Å². The Balaban J connectivity index is 2.42. The van der Waals surface area contributed by atoms with Gasteiger partial charge in [0.15, 0.2) is 0 Å². The van der Waals surface area contributed by atoms with Gasteiger partial charge in [0.05, 0.1) is 12.4 Å². The van der Waals surface area contributed by atoms with Crippen molar-refractivity contribution < 1.29 is 18.7 Å². The molecule has 0 heterocycles. The van der Waals surface area contributed by atoms with Crippen LogP contribution in [0.15, 0.2) is 24.3 Å². The molecule has 1 N–H and O–H groups in total. The van der Waals surface area contributed by atoms with Gasteiger partial charge in [0.1, 0.15) is 5.82 Å². The number of ether oxygens (including phenoxy) is 1. The third-order valence-corrected chi connectivity index (χ3v) is 3.51. The van der Waals surface area contributed by atoms with Crippen LogP contribution in [-0.4, -0.2) is 24.4 Å². The standard InChI is InChI=1S/C13H16FNO3S/c1-3-18-13(17)15-12(16)8-19-9(2)10-6-4-5-7-11(10)14/h4-7,9H,3,8H2,1-2H3,(H,15,16,17)/t9-/m0/s1. The second-order valence-electron chi connectivity index (χ2n) is 3.74. The summed E-state index contributed by atoms with van der Waals surface area (Å²) in [6, 6.07) is 6.42. The number of benzene rings is 1. The first-order chi connectivity index (χ1) is 9.04. The number of hydrogen-bond donors (Lipinski definition) is 1. The molecule has 19 heavy (non-hydrogen) atoms. The largest absolute Gasteiger partial charge is 0.450 e. The molecule has 0 aliphatic heterocycles. The molecule has 0 unspecified atom stereocenters. The SMILES string of the molecule is CCOC(=O)NC(=O)CS[C@@H](C)c1ccccc1F. The number of imide groups is 1. The van der Waals surface area contributed by atoms with Gasteiger partial charge in [-0.05, 0) is 19.9 Å². The molecule has 0 spiro atoms. The molecule has 1 aromatic rings. The van der Waals surface area contributed by atoms with Gasteiger partial charge in [0.25, 0.3) is 0 Å². The Morgan fingerprint density at radius 1 is 1.42 bits per heavy atom. The van der Waals surface area contributed by atoms with Gasteiger partial charge in [-0.25, -0.2) is 9.18 Å². The van der Waals surface area contributed by atoms with E-state index in [-0.39, 0.29) is 23.4 Å². The third-order valence-electron chi connectivity index (χ3n) is 2.32. The molecule has 2 amide bonds. The first kappa shape index (κ1) is 15.5. The van der Waals surface area contributed by atoms with Crippen molar-refractivity contribution in [3.05, 3.63) is 35.6 Å². The first-order valence-electron chi connectivity index (χ1n) is 5.87. The maximum absolute atomic E-state index is 13.5. The van der Waals surface area contributed by atoms with Crippen molar-refractivity contribution in [2.24, 2.45) is 0 Å². The summed E-state index contributed by atoms with van der Waals surface area (Å²) in [7, 11) is 0. The van der Waals surface area contributed by atoms with Crippen molar-refractivity contribution in [1.29, 1.82) is 0 Å². The molecule has 1 rings (SSSR count). The molecule has 1 atom stereocenters. The van der Waals surface area contributed by atoms with E-state index < -0.39 is 12.0 Å². The lowest BCUT2D eigenvalue weighted by Gasteiger charge is -2.12. The van der Waals surface area contributed by atoms with E-state index in [1.54, 1.807) is 32.0 Å². The number of thioether (sulfide) groups is 1. The molecule has 0 saturated carbocycles. The van der Waals surface area contributed by atoms with Gasteiger partial charge in [0.2, 0.25) is 5.91 Å². The number of rotatable bonds is 5. The van der Waals surface area contributed by atoms with Gasteiger partial charge in [-0.2, -0.15) is 0 Å². The van der Waals surface area contributed by atoms with E-state index in [4.69, 9.17) is 0 Å². The molecular formula is C13H16FNO3S. The second kappa shape index (κ2) is 7.78. The van der Waals surface area contributed by atoms with Crippen LogP contribution in [0.25, 0.3) is 0 Å². The van der Waals surface area contributed by atoms with Crippen molar-refractivity contribution in [1.82, 2.24) is 5.32 Å². The van der Waals surface area contributed by atoms with E-state index in [0.29, 0.717) is 5.56 Å². The first-order valence-corrected chi connectivity index (χ1v) is 6.92. The average molecular weight is 285 g/mol. The molecule has 6 heteroatoms. The van der Waals surface area contributed by atoms with Gasteiger partial charge in [-0.1, -0.05) is 18.2 Å². The molecule has 1 aromatic carbocycles. The zero-order chi connectivity index (χ0) is 14.3.